The number of hydrogen-bond acceptors (Lipinski definition) is 4. The fraction of sp³-hybridized carbons (Fsp3) is 0.500. The van der Waals surface area contributed by atoms with Crippen LogP contribution < -0.4 is 14.8 Å². The molecule has 2 heterocycles. The Kier molecular flexibility index (Phi) is 2.86. The standard InChI is InChI=1S/C12H15FN2O2/c13-10-5-9(6-11-12(10)17-8-16-11)7-15-3-1-14-2-4-15/h5-6,14H,1-4,7-8H2. The van der Waals surface area contributed by atoms with Gasteiger partial charge in [-0.3, -0.25) is 4.90 Å². The molecule has 3 rings (SSSR count). The number of rotatable bonds is 2. The molecule has 5 heteroatoms. The molecule has 2 aliphatic rings. The first-order chi connectivity index (χ1) is 8.33. The van der Waals surface area contributed by atoms with Crippen molar-refractivity contribution in [3.05, 3.63) is 23.5 Å². The van der Waals surface area contributed by atoms with Crippen LogP contribution in [-0.4, -0.2) is 37.9 Å². The lowest BCUT2D eigenvalue weighted by Crippen LogP contribution is -2.42. The van der Waals surface area contributed by atoms with E-state index < -0.39 is 0 Å². The monoisotopic (exact) mass is 238 g/mol. The molecular weight excluding hydrogens is 223 g/mol. The molecule has 0 unspecified atom stereocenters. The summed E-state index contributed by atoms with van der Waals surface area (Å²) in [5.41, 5.74) is 0.939. The zero-order valence-electron chi connectivity index (χ0n) is 9.54. The first-order valence-electron chi connectivity index (χ1n) is 5.84. The third-order valence-electron chi connectivity index (χ3n) is 3.10. The average molecular weight is 238 g/mol. The summed E-state index contributed by atoms with van der Waals surface area (Å²) >= 11 is 0. The van der Waals surface area contributed by atoms with E-state index >= 15 is 0 Å². The lowest BCUT2D eigenvalue weighted by Gasteiger charge is -2.27. The highest BCUT2D eigenvalue weighted by molar-refractivity contribution is 5.45. The number of ether oxygens (including phenoxy) is 2. The van der Waals surface area contributed by atoms with Gasteiger partial charge in [-0.05, 0) is 17.7 Å². The van der Waals surface area contributed by atoms with Crippen LogP contribution in [0.25, 0.3) is 0 Å². The van der Waals surface area contributed by atoms with E-state index in [0.29, 0.717) is 5.75 Å². The van der Waals surface area contributed by atoms with E-state index in [9.17, 15) is 4.39 Å². The van der Waals surface area contributed by atoms with Crippen LogP contribution in [0, 0.1) is 5.82 Å². The van der Waals surface area contributed by atoms with E-state index in [1.165, 1.54) is 6.07 Å². The van der Waals surface area contributed by atoms with Gasteiger partial charge in [0.05, 0.1) is 0 Å². The number of hydrogen-bond donors (Lipinski definition) is 1. The maximum absolute atomic E-state index is 13.7. The van der Waals surface area contributed by atoms with Gasteiger partial charge in [-0.25, -0.2) is 4.39 Å². The van der Waals surface area contributed by atoms with Crippen molar-refractivity contribution in [2.45, 2.75) is 6.54 Å². The minimum absolute atomic E-state index is 0.114. The normalized spacial score (nSPS) is 19.6. The fourth-order valence-electron chi connectivity index (χ4n) is 2.24. The first-order valence-corrected chi connectivity index (χ1v) is 5.84. The van der Waals surface area contributed by atoms with Crippen LogP contribution in [0.5, 0.6) is 11.5 Å². The molecule has 4 nitrogen and oxygen atoms in total. The van der Waals surface area contributed by atoms with E-state index in [1.807, 2.05) is 6.07 Å². The highest BCUT2D eigenvalue weighted by atomic mass is 19.1. The van der Waals surface area contributed by atoms with Crippen molar-refractivity contribution < 1.29 is 13.9 Å². The molecule has 0 spiro atoms. The van der Waals surface area contributed by atoms with Crippen molar-refractivity contribution in [2.75, 3.05) is 33.0 Å². The predicted octanol–water partition coefficient (Wildman–Crippen LogP) is 0.960. The Hall–Kier alpha value is -1.33. The molecule has 92 valence electrons. The van der Waals surface area contributed by atoms with Crippen LogP contribution in [0.15, 0.2) is 12.1 Å². The zero-order valence-corrected chi connectivity index (χ0v) is 9.54. The van der Waals surface area contributed by atoms with Crippen LogP contribution in [0.4, 0.5) is 4.39 Å². The molecule has 0 aromatic heterocycles. The van der Waals surface area contributed by atoms with Crippen molar-refractivity contribution in [3.8, 4) is 11.5 Å². The minimum Gasteiger partial charge on any atom is -0.453 e. The summed E-state index contributed by atoms with van der Waals surface area (Å²) in [6.07, 6.45) is 0. The smallest absolute Gasteiger partial charge is 0.231 e. The molecule has 1 fully saturated rings. The van der Waals surface area contributed by atoms with Gasteiger partial charge in [0.2, 0.25) is 12.5 Å². The SMILES string of the molecule is Fc1cc(CN2CCNCC2)cc2c1OCO2. The fourth-order valence-corrected chi connectivity index (χ4v) is 2.24. The highest BCUT2D eigenvalue weighted by Gasteiger charge is 2.20. The van der Waals surface area contributed by atoms with Crippen LogP contribution in [0.1, 0.15) is 5.56 Å². The number of piperazine rings is 1. The number of benzene rings is 1. The third-order valence-corrected chi connectivity index (χ3v) is 3.10. The molecule has 1 aromatic carbocycles. The first kappa shape index (κ1) is 10.8. The summed E-state index contributed by atoms with van der Waals surface area (Å²) < 4.78 is 23.9. The lowest BCUT2D eigenvalue weighted by molar-refractivity contribution is 0.171. The second-order valence-electron chi connectivity index (χ2n) is 4.34. The van der Waals surface area contributed by atoms with Gasteiger partial charge in [0, 0.05) is 32.7 Å². The third kappa shape index (κ3) is 2.21. The molecule has 0 radical (unpaired) electrons. The molecule has 0 bridgehead atoms. The zero-order chi connectivity index (χ0) is 11.7. The van der Waals surface area contributed by atoms with Gasteiger partial charge in [-0.2, -0.15) is 0 Å². The van der Waals surface area contributed by atoms with Crippen molar-refractivity contribution in [2.24, 2.45) is 0 Å². The second-order valence-corrected chi connectivity index (χ2v) is 4.34. The van der Waals surface area contributed by atoms with Gasteiger partial charge in [-0.15, -0.1) is 0 Å². The summed E-state index contributed by atoms with van der Waals surface area (Å²) in [4.78, 5) is 2.30. The van der Waals surface area contributed by atoms with Gasteiger partial charge < -0.3 is 14.8 Å². The molecule has 17 heavy (non-hydrogen) atoms. The number of fused-ring (bicyclic) bond motifs is 1. The second kappa shape index (κ2) is 4.50. The Morgan fingerprint density at radius 2 is 2.06 bits per heavy atom. The summed E-state index contributed by atoms with van der Waals surface area (Å²) in [5, 5.41) is 3.29. The molecule has 0 aliphatic carbocycles. The summed E-state index contributed by atoms with van der Waals surface area (Å²) in [7, 11) is 0. The Bertz CT molecular complexity index is 419. The summed E-state index contributed by atoms with van der Waals surface area (Å²) in [6.45, 7) is 4.85. The van der Waals surface area contributed by atoms with Gasteiger partial charge in [0.1, 0.15) is 0 Å². The number of nitrogens with zero attached hydrogens (tertiary/aromatic N) is 1. The Morgan fingerprint density at radius 3 is 2.88 bits per heavy atom. The maximum atomic E-state index is 13.7. The largest absolute Gasteiger partial charge is 0.453 e. The molecule has 0 amide bonds. The van der Waals surface area contributed by atoms with Crippen LogP contribution in [-0.2, 0) is 6.54 Å². The van der Waals surface area contributed by atoms with Gasteiger partial charge in [-0.1, -0.05) is 0 Å². The quantitative estimate of drug-likeness (QED) is 0.832. The maximum Gasteiger partial charge on any atom is 0.231 e. The lowest BCUT2D eigenvalue weighted by atomic mass is 10.1. The van der Waals surface area contributed by atoms with E-state index in [-0.39, 0.29) is 18.4 Å². The average Bonchev–Trinajstić information content (AvgIpc) is 2.79. The van der Waals surface area contributed by atoms with Crippen molar-refractivity contribution in [1.82, 2.24) is 10.2 Å². The van der Waals surface area contributed by atoms with Crippen LogP contribution in [0.3, 0.4) is 0 Å². The molecule has 1 aromatic rings. The summed E-state index contributed by atoms with van der Waals surface area (Å²) in [6, 6.07) is 3.41. The van der Waals surface area contributed by atoms with Crippen molar-refractivity contribution in [1.29, 1.82) is 0 Å². The molecule has 1 N–H and O–H groups in total. The Labute approximate surface area is 99.3 Å². The van der Waals surface area contributed by atoms with Crippen LogP contribution in [0.2, 0.25) is 0 Å². The van der Waals surface area contributed by atoms with Gasteiger partial charge in [0.25, 0.3) is 0 Å². The van der Waals surface area contributed by atoms with Crippen molar-refractivity contribution >= 4 is 0 Å². The number of nitrogens with one attached hydrogen (secondary N) is 1. The topological polar surface area (TPSA) is 33.7 Å². The van der Waals surface area contributed by atoms with Crippen LogP contribution >= 0.6 is 0 Å². The predicted molar refractivity (Wildman–Crippen MR) is 60.7 cm³/mol. The molecule has 0 saturated carbocycles. The number of halogens is 1. The van der Waals surface area contributed by atoms with Gasteiger partial charge >= 0.3 is 0 Å². The summed E-state index contributed by atoms with van der Waals surface area (Å²) in [5.74, 6) is 0.439. The van der Waals surface area contributed by atoms with E-state index in [2.05, 4.69) is 10.2 Å². The van der Waals surface area contributed by atoms with E-state index in [1.54, 1.807) is 0 Å². The molecule has 0 atom stereocenters. The Morgan fingerprint density at radius 1 is 1.24 bits per heavy atom. The van der Waals surface area contributed by atoms with E-state index in [4.69, 9.17) is 9.47 Å². The highest BCUT2D eigenvalue weighted by Crippen LogP contribution is 2.35. The molecule has 1 saturated heterocycles. The van der Waals surface area contributed by atoms with Gasteiger partial charge in [0.15, 0.2) is 11.6 Å². The Balaban J connectivity index is 1.76. The van der Waals surface area contributed by atoms with E-state index in [0.717, 1.165) is 38.3 Å². The van der Waals surface area contributed by atoms with Crippen molar-refractivity contribution in [3.63, 3.8) is 0 Å². The minimum atomic E-state index is -0.329. The molecular formula is C12H15FN2O2. The molecule has 2 aliphatic heterocycles.